The summed E-state index contributed by atoms with van der Waals surface area (Å²) in [7, 11) is 0. The van der Waals surface area contributed by atoms with E-state index < -0.39 is 42.5 Å². The average Bonchev–Trinajstić information content (AvgIpc) is 2.85. The van der Waals surface area contributed by atoms with Gasteiger partial charge in [0.05, 0.1) is 13.2 Å². The van der Waals surface area contributed by atoms with Crippen molar-refractivity contribution in [1.82, 2.24) is 0 Å². The molecule has 0 saturated heterocycles. The fourth-order valence-corrected chi connectivity index (χ4v) is 3.16. The molecule has 38 heavy (non-hydrogen) atoms. The Morgan fingerprint density at radius 3 is 1.84 bits per heavy atom. The Morgan fingerprint density at radius 1 is 0.789 bits per heavy atom. The summed E-state index contributed by atoms with van der Waals surface area (Å²) in [5.74, 6) is -1.34. The van der Waals surface area contributed by atoms with Crippen molar-refractivity contribution in [2.45, 2.75) is 97.8 Å². The zero-order valence-corrected chi connectivity index (χ0v) is 23.0. The lowest BCUT2D eigenvalue weighted by atomic mass is 10.1. The monoisotopic (exact) mass is 539 g/mol. The van der Waals surface area contributed by atoms with Crippen LogP contribution in [0.4, 0.5) is 9.59 Å². The second kappa shape index (κ2) is 18.0. The van der Waals surface area contributed by atoms with E-state index in [1.165, 1.54) is 19.1 Å². The van der Waals surface area contributed by atoms with Gasteiger partial charge in [0.2, 0.25) is 0 Å². The standard InChI is InChI=1S/C27H41NO10/c1-6-8-10-14-33-26(31)37-23-13-12-21(17-24(23)38-27(32)34-15-11-9-7-2)16-22(28)25(30)36-19(4)18(3)35-20(5)29/h12-13,17-19,22H,6-11,14-16,28H2,1-5H3/t18?,19-,22-/m0/s1. The van der Waals surface area contributed by atoms with Gasteiger partial charge in [0.25, 0.3) is 0 Å². The zero-order valence-electron chi connectivity index (χ0n) is 23.0. The van der Waals surface area contributed by atoms with Crippen molar-refractivity contribution in [2.24, 2.45) is 5.73 Å². The molecule has 0 amide bonds. The third-order valence-corrected chi connectivity index (χ3v) is 5.40. The van der Waals surface area contributed by atoms with Gasteiger partial charge in [0.1, 0.15) is 18.2 Å². The minimum atomic E-state index is -1.06. The molecule has 214 valence electrons. The molecule has 0 heterocycles. The Balaban J connectivity index is 2.91. The number of ether oxygens (including phenoxy) is 6. The molecular weight excluding hydrogens is 498 g/mol. The number of nitrogens with two attached hydrogens (primary N) is 1. The molecule has 0 aliphatic rings. The summed E-state index contributed by atoms with van der Waals surface area (Å²) >= 11 is 0. The topological polar surface area (TPSA) is 150 Å². The number of benzene rings is 1. The van der Waals surface area contributed by atoms with E-state index in [1.807, 2.05) is 13.8 Å². The number of carbonyl (C=O) groups excluding carboxylic acids is 4. The van der Waals surface area contributed by atoms with E-state index in [-0.39, 0.29) is 31.1 Å². The number of hydrogen-bond donors (Lipinski definition) is 1. The summed E-state index contributed by atoms with van der Waals surface area (Å²) in [5.41, 5.74) is 6.53. The van der Waals surface area contributed by atoms with Gasteiger partial charge in [-0.05, 0) is 50.8 Å². The van der Waals surface area contributed by atoms with E-state index in [4.69, 9.17) is 34.2 Å². The van der Waals surface area contributed by atoms with E-state index in [1.54, 1.807) is 19.9 Å². The summed E-state index contributed by atoms with van der Waals surface area (Å²) in [6.07, 6.45) is 1.88. The second-order valence-electron chi connectivity index (χ2n) is 8.86. The first-order valence-electron chi connectivity index (χ1n) is 13.0. The molecule has 1 aromatic carbocycles. The quantitative estimate of drug-likeness (QED) is 0.133. The Hall–Kier alpha value is -3.34. The molecule has 0 aliphatic carbocycles. The predicted molar refractivity (Wildman–Crippen MR) is 138 cm³/mol. The molecule has 11 nitrogen and oxygen atoms in total. The fourth-order valence-electron chi connectivity index (χ4n) is 3.16. The van der Waals surface area contributed by atoms with Crippen LogP contribution in [0.25, 0.3) is 0 Å². The van der Waals surface area contributed by atoms with Gasteiger partial charge in [0, 0.05) is 6.92 Å². The van der Waals surface area contributed by atoms with E-state index in [0.717, 1.165) is 25.7 Å². The van der Waals surface area contributed by atoms with Gasteiger partial charge in [-0.1, -0.05) is 45.6 Å². The molecule has 0 spiro atoms. The zero-order chi connectivity index (χ0) is 28.5. The summed E-state index contributed by atoms with van der Waals surface area (Å²) in [5, 5.41) is 0. The first kappa shape index (κ1) is 32.7. The number of rotatable bonds is 16. The van der Waals surface area contributed by atoms with Crippen molar-refractivity contribution in [3.05, 3.63) is 23.8 Å². The van der Waals surface area contributed by atoms with E-state index in [9.17, 15) is 19.2 Å². The van der Waals surface area contributed by atoms with Crippen LogP contribution in [0.5, 0.6) is 11.5 Å². The first-order chi connectivity index (χ1) is 18.1. The number of unbranched alkanes of at least 4 members (excludes halogenated alkanes) is 4. The molecule has 0 radical (unpaired) electrons. The van der Waals surface area contributed by atoms with Gasteiger partial charge in [-0.25, -0.2) is 9.59 Å². The maximum atomic E-state index is 12.5. The Labute approximate surface area is 224 Å². The van der Waals surface area contributed by atoms with Crippen molar-refractivity contribution in [1.29, 1.82) is 0 Å². The molecule has 3 atom stereocenters. The Kier molecular flexibility index (Phi) is 15.5. The van der Waals surface area contributed by atoms with Crippen LogP contribution < -0.4 is 15.2 Å². The third kappa shape index (κ3) is 13.3. The number of hydrogen-bond acceptors (Lipinski definition) is 11. The molecule has 0 aromatic heterocycles. The van der Waals surface area contributed by atoms with Gasteiger partial charge < -0.3 is 34.2 Å². The van der Waals surface area contributed by atoms with Crippen LogP contribution in [0.1, 0.15) is 78.7 Å². The van der Waals surface area contributed by atoms with Crippen molar-refractivity contribution >= 4 is 24.2 Å². The highest BCUT2D eigenvalue weighted by atomic mass is 16.7. The molecule has 0 bridgehead atoms. The van der Waals surface area contributed by atoms with Crippen LogP contribution in [-0.2, 0) is 35.0 Å². The Morgan fingerprint density at radius 2 is 1.32 bits per heavy atom. The highest BCUT2D eigenvalue weighted by molar-refractivity contribution is 5.76. The fraction of sp³-hybridized carbons (Fsp3) is 0.630. The number of carbonyl (C=O) groups is 4. The summed E-state index contributed by atoms with van der Waals surface area (Å²) in [4.78, 5) is 47.9. The molecule has 1 aromatic rings. The van der Waals surface area contributed by atoms with E-state index in [0.29, 0.717) is 18.4 Å². The Bertz CT molecular complexity index is 904. The maximum absolute atomic E-state index is 12.5. The SMILES string of the molecule is CCCCCOC(=O)Oc1ccc(C[C@H](N)C(=O)O[C@@H](C)C(C)OC(C)=O)cc1OC(=O)OCCCCC. The molecule has 2 N–H and O–H groups in total. The van der Waals surface area contributed by atoms with Crippen molar-refractivity contribution in [3.63, 3.8) is 0 Å². The van der Waals surface area contributed by atoms with Crippen molar-refractivity contribution in [3.8, 4) is 11.5 Å². The molecule has 0 saturated carbocycles. The highest BCUT2D eigenvalue weighted by Gasteiger charge is 2.24. The van der Waals surface area contributed by atoms with Gasteiger partial charge in [-0.15, -0.1) is 0 Å². The predicted octanol–water partition coefficient (Wildman–Crippen LogP) is 4.85. The second-order valence-corrected chi connectivity index (χ2v) is 8.86. The van der Waals surface area contributed by atoms with Crippen LogP contribution in [0, 0.1) is 0 Å². The van der Waals surface area contributed by atoms with Gasteiger partial charge in [-0.2, -0.15) is 0 Å². The lowest BCUT2D eigenvalue weighted by Crippen LogP contribution is -2.39. The van der Waals surface area contributed by atoms with Crippen LogP contribution in [0.3, 0.4) is 0 Å². The maximum Gasteiger partial charge on any atom is 0.513 e. The molecule has 1 unspecified atom stereocenters. The van der Waals surface area contributed by atoms with E-state index >= 15 is 0 Å². The third-order valence-electron chi connectivity index (χ3n) is 5.40. The normalized spacial score (nSPS) is 13.0. The first-order valence-corrected chi connectivity index (χ1v) is 13.0. The molecule has 11 heteroatoms. The molecular formula is C27H41NO10. The number of esters is 2. The summed E-state index contributed by atoms with van der Waals surface area (Å²) in [6, 6.07) is 3.33. The largest absolute Gasteiger partial charge is 0.513 e. The van der Waals surface area contributed by atoms with Gasteiger partial charge in [0.15, 0.2) is 11.5 Å². The van der Waals surface area contributed by atoms with Crippen LogP contribution in [0.2, 0.25) is 0 Å². The molecule has 1 rings (SSSR count). The van der Waals surface area contributed by atoms with E-state index in [2.05, 4.69) is 0 Å². The highest BCUT2D eigenvalue weighted by Crippen LogP contribution is 2.30. The van der Waals surface area contributed by atoms with Crippen molar-refractivity contribution < 1.29 is 47.6 Å². The van der Waals surface area contributed by atoms with Crippen LogP contribution in [0.15, 0.2) is 18.2 Å². The van der Waals surface area contributed by atoms with Crippen LogP contribution >= 0.6 is 0 Å². The minimum absolute atomic E-state index is 0.0250. The summed E-state index contributed by atoms with van der Waals surface area (Å²) in [6.45, 7) is 8.88. The van der Waals surface area contributed by atoms with Gasteiger partial charge >= 0.3 is 24.2 Å². The average molecular weight is 540 g/mol. The molecule has 0 fully saturated rings. The van der Waals surface area contributed by atoms with Crippen LogP contribution in [-0.4, -0.2) is 55.7 Å². The lowest BCUT2D eigenvalue weighted by Gasteiger charge is -2.22. The molecule has 0 aliphatic heterocycles. The van der Waals surface area contributed by atoms with Gasteiger partial charge in [-0.3, -0.25) is 9.59 Å². The smallest absolute Gasteiger partial charge is 0.459 e. The van der Waals surface area contributed by atoms with Crippen molar-refractivity contribution in [2.75, 3.05) is 13.2 Å². The lowest BCUT2D eigenvalue weighted by molar-refractivity contribution is -0.164. The minimum Gasteiger partial charge on any atom is -0.459 e. The summed E-state index contributed by atoms with van der Waals surface area (Å²) < 4.78 is 31.0.